The van der Waals surface area contributed by atoms with Gasteiger partial charge in [0, 0.05) is 44.3 Å². The second kappa shape index (κ2) is 10.5. The molecule has 3 aliphatic carbocycles. The van der Waals surface area contributed by atoms with Crippen molar-refractivity contribution in [3.63, 3.8) is 0 Å². The minimum Gasteiger partial charge on any atom is -0.305 e. The summed E-state index contributed by atoms with van der Waals surface area (Å²) in [5, 5.41) is 3.70. The number of benzene rings is 5. The van der Waals surface area contributed by atoms with E-state index in [0.29, 0.717) is 0 Å². The number of rotatable bonds is 1. The van der Waals surface area contributed by atoms with Gasteiger partial charge in [0.1, 0.15) is 0 Å². The van der Waals surface area contributed by atoms with Gasteiger partial charge >= 0.3 is 0 Å². The van der Waals surface area contributed by atoms with E-state index in [9.17, 15) is 0 Å². The molecule has 5 aromatic carbocycles. The molecular formula is C38H24IrN2-2. The molecule has 0 atom stereocenters. The van der Waals surface area contributed by atoms with Crippen LogP contribution in [0.2, 0.25) is 0 Å². The summed E-state index contributed by atoms with van der Waals surface area (Å²) in [5.41, 5.74) is 11.8. The normalized spacial score (nSPS) is 15.6. The average Bonchev–Trinajstić information content (AvgIpc) is 3.06. The predicted octanol–water partition coefficient (Wildman–Crippen LogP) is 8.72. The second-order valence-electron chi connectivity index (χ2n) is 10.3. The Morgan fingerprint density at radius 1 is 0.488 bits per heavy atom. The number of aromatic nitrogens is 2. The Kier molecular flexibility index (Phi) is 6.55. The van der Waals surface area contributed by atoms with Crippen LogP contribution in [-0.2, 0) is 20.1 Å². The van der Waals surface area contributed by atoms with E-state index in [1.54, 1.807) is 6.20 Å². The van der Waals surface area contributed by atoms with Gasteiger partial charge in [0.2, 0.25) is 0 Å². The molecule has 2 nitrogen and oxygen atoms in total. The first-order valence-electron chi connectivity index (χ1n) is 13.7. The summed E-state index contributed by atoms with van der Waals surface area (Å²) < 4.78 is 0. The molecule has 197 valence electrons. The van der Waals surface area contributed by atoms with Gasteiger partial charge in [-0.2, -0.15) is 0 Å². The molecular weight excluding hydrogens is 677 g/mol. The van der Waals surface area contributed by atoms with Crippen molar-refractivity contribution in [3.8, 4) is 11.3 Å². The molecule has 10 rings (SSSR count). The number of hydrogen-bond acceptors (Lipinski definition) is 2. The first-order valence-corrected chi connectivity index (χ1v) is 13.7. The summed E-state index contributed by atoms with van der Waals surface area (Å²) >= 11 is 0. The third-order valence-electron chi connectivity index (χ3n) is 8.23. The van der Waals surface area contributed by atoms with Gasteiger partial charge in [0.15, 0.2) is 0 Å². The average molecular weight is 701 g/mol. The van der Waals surface area contributed by atoms with Crippen molar-refractivity contribution in [3.05, 3.63) is 179 Å². The maximum atomic E-state index is 4.78. The third kappa shape index (κ3) is 4.04. The standard InChI is InChI=1S/C27H16N.C11H8N.Ir/c1-3-10-18-16(8-1)23-17-9-2-4-11-19(17)24(18)26-22-14-7-15-28-27(22)21-13-6-5-12-20(21)25(23)26;1-2-6-10(7-3-1)11-8-4-5-9-12-11;/h1-12,14-15,23-24H;1-6,8-9H;/q2*-1;. The second-order valence-corrected chi connectivity index (χ2v) is 10.3. The first-order chi connectivity index (χ1) is 19.9. The summed E-state index contributed by atoms with van der Waals surface area (Å²) in [5.74, 6) is 0.541. The molecule has 2 aromatic heterocycles. The molecule has 7 aromatic rings. The molecule has 3 aliphatic rings. The maximum absolute atomic E-state index is 4.78. The summed E-state index contributed by atoms with van der Waals surface area (Å²) in [6.45, 7) is 0. The van der Waals surface area contributed by atoms with Crippen molar-refractivity contribution >= 4 is 21.7 Å². The molecule has 3 heteroatoms. The maximum Gasteiger partial charge on any atom is 0.0340 e. The van der Waals surface area contributed by atoms with E-state index < -0.39 is 0 Å². The van der Waals surface area contributed by atoms with Crippen molar-refractivity contribution in [2.75, 3.05) is 0 Å². The first kappa shape index (κ1) is 25.5. The monoisotopic (exact) mass is 701 g/mol. The molecule has 0 unspecified atom stereocenters. The van der Waals surface area contributed by atoms with E-state index in [2.05, 4.69) is 89.9 Å². The Morgan fingerprint density at radius 3 is 1.71 bits per heavy atom. The van der Waals surface area contributed by atoms with Crippen LogP contribution in [0.15, 0.2) is 134 Å². The molecule has 0 N–H and O–H groups in total. The molecule has 41 heavy (non-hydrogen) atoms. The fourth-order valence-electron chi connectivity index (χ4n) is 6.70. The molecule has 0 fully saturated rings. The van der Waals surface area contributed by atoms with E-state index >= 15 is 0 Å². The number of fused-ring (bicyclic) bond motifs is 3. The van der Waals surface area contributed by atoms with Gasteiger partial charge in [-0.1, -0.05) is 72.3 Å². The number of pyridine rings is 2. The van der Waals surface area contributed by atoms with Gasteiger partial charge in [-0.3, -0.25) is 0 Å². The fourth-order valence-corrected chi connectivity index (χ4v) is 6.70. The quantitative estimate of drug-likeness (QED) is 0.127. The Hall–Kier alpha value is -4.43. The molecule has 0 aliphatic heterocycles. The van der Waals surface area contributed by atoms with Crippen LogP contribution in [0, 0.1) is 12.1 Å². The summed E-state index contributed by atoms with van der Waals surface area (Å²) in [7, 11) is 0. The molecule has 0 amide bonds. The van der Waals surface area contributed by atoms with Crippen LogP contribution in [0.25, 0.3) is 32.9 Å². The zero-order chi connectivity index (χ0) is 26.5. The van der Waals surface area contributed by atoms with Crippen LogP contribution in [0.5, 0.6) is 0 Å². The van der Waals surface area contributed by atoms with E-state index in [1.165, 1.54) is 44.2 Å². The van der Waals surface area contributed by atoms with Crippen LogP contribution in [0.3, 0.4) is 0 Å². The van der Waals surface area contributed by atoms with Gasteiger partial charge in [0.25, 0.3) is 0 Å². The summed E-state index contributed by atoms with van der Waals surface area (Å²) in [6.07, 6.45) is 3.69. The number of nitrogens with zero attached hydrogens (tertiary/aromatic N) is 2. The predicted molar refractivity (Wildman–Crippen MR) is 161 cm³/mol. The topological polar surface area (TPSA) is 25.8 Å². The van der Waals surface area contributed by atoms with E-state index in [1.807, 2.05) is 54.7 Å². The van der Waals surface area contributed by atoms with Gasteiger partial charge in [-0.15, -0.1) is 70.9 Å². The van der Waals surface area contributed by atoms with Crippen LogP contribution >= 0.6 is 0 Å². The minimum atomic E-state index is 0. The molecule has 2 bridgehead atoms. The Bertz CT molecular complexity index is 1820. The fraction of sp³-hybridized carbons (Fsp3) is 0.0526. The zero-order valence-corrected chi connectivity index (χ0v) is 24.5. The van der Waals surface area contributed by atoms with Crippen molar-refractivity contribution in [2.45, 2.75) is 11.8 Å². The van der Waals surface area contributed by atoms with Crippen molar-refractivity contribution in [2.24, 2.45) is 0 Å². The van der Waals surface area contributed by atoms with Crippen LogP contribution in [0.4, 0.5) is 0 Å². The third-order valence-corrected chi connectivity index (χ3v) is 8.23. The van der Waals surface area contributed by atoms with Crippen LogP contribution in [0.1, 0.15) is 45.2 Å². The molecule has 0 saturated carbocycles. The Balaban J connectivity index is 0.000000180. The van der Waals surface area contributed by atoms with Gasteiger partial charge in [0.05, 0.1) is 0 Å². The van der Waals surface area contributed by atoms with Crippen LogP contribution < -0.4 is 0 Å². The molecule has 1 radical (unpaired) electrons. The van der Waals surface area contributed by atoms with E-state index in [4.69, 9.17) is 4.98 Å². The SMILES string of the molecule is [Ir].[c-]1cccc2c3c(c4cccnc4c12)C1c2ccccc2C3c2ccccc21.[c-]1ccccc1-c1ccccn1. The zero-order valence-electron chi connectivity index (χ0n) is 22.1. The van der Waals surface area contributed by atoms with E-state index in [-0.39, 0.29) is 31.9 Å². The van der Waals surface area contributed by atoms with Gasteiger partial charge in [-0.05, 0) is 56.5 Å². The van der Waals surface area contributed by atoms with E-state index in [0.717, 1.165) is 22.2 Å². The summed E-state index contributed by atoms with van der Waals surface area (Å²) in [4.78, 5) is 9.00. The van der Waals surface area contributed by atoms with Crippen molar-refractivity contribution in [1.29, 1.82) is 0 Å². The largest absolute Gasteiger partial charge is 0.305 e. The molecule has 2 heterocycles. The van der Waals surface area contributed by atoms with Gasteiger partial charge in [-0.25, -0.2) is 0 Å². The summed E-state index contributed by atoms with van der Waals surface area (Å²) in [6, 6.07) is 49.0. The minimum absolute atomic E-state index is 0. The smallest absolute Gasteiger partial charge is 0.0340 e. The Labute approximate surface area is 253 Å². The van der Waals surface area contributed by atoms with Gasteiger partial charge < -0.3 is 9.97 Å². The molecule has 0 spiro atoms. The van der Waals surface area contributed by atoms with Crippen molar-refractivity contribution < 1.29 is 20.1 Å². The Morgan fingerprint density at radius 2 is 1.07 bits per heavy atom. The van der Waals surface area contributed by atoms with Crippen molar-refractivity contribution in [1.82, 2.24) is 9.97 Å². The molecule has 0 saturated heterocycles. The van der Waals surface area contributed by atoms with Crippen LogP contribution in [-0.4, -0.2) is 9.97 Å². The number of hydrogen-bond donors (Lipinski definition) is 0.